The van der Waals surface area contributed by atoms with Crippen molar-refractivity contribution in [2.24, 2.45) is 13.0 Å². The molecule has 1 saturated carbocycles. The lowest BCUT2D eigenvalue weighted by Crippen LogP contribution is -2.30. The van der Waals surface area contributed by atoms with Gasteiger partial charge in [-0.25, -0.2) is 0 Å². The van der Waals surface area contributed by atoms with Gasteiger partial charge in [-0.15, -0.1) is 0 Å². The van der Waals surface area contributed by atoms with Gasteiger partial charge in [0.1, 0.15) is 0 Å². The highest BCUT2D eigenvalue weighted by atomic mass is 16.1. The minimum atomic E-state index is -0.118. The first kappa shape index (κ1) is 15.1. The van der Waals surface area contributed by atoms with Crippen LogP contribution in [0.3, 0.4) is 0 Å². The van der Waals surface area contributed by atoms with Crippen LogP contribution in [-0.2, 0) is 11.8 Å². The summed E-state index contributed by atoms with van der Waals surface area (Å²) in [6, 6.07) is 0. The van der Waals surface area contributed by atoms with Gasteiger partial charge in [0, 0.05) is 24.8 Å². The topological polar surface area (TPSA) is 46.9 Å². The maximum absolute atomic E-state index is 12.3. The molecule has 0 bridgehead atoms. The number of carbonyl (C=O) groups excluding carboxylic acids is 1. The van der Waals surface area contributed by atoms with Crippen molar-refractivity contribution in [2.45, 2.75) is 58.8 Å². The number of nitrogens with one attached hydrogen (secondary N) is 1. The van der Waals surface area contributed by atoms with Gasteiger partial charge in [-0.3, -0.25) is 9.48 Å². The van der Waals surface area contributed by atoms with Gasteiger partial charge >= 0.3 is 0 Å². The second-order valence-electron chi connectivity index (χ2n) is 6.16. The minimum Gasteiger partial charge on any atom is -0.356 e. The zero-order valence-electron chi connectivity index (χ0n) is 13.2. The van der Waals surface area contributed by atoms with Crippen LogP contribution >= 0.6 is 0 Å². The van der Waals surface area contributed by atoms with Gasteiger partial charge in [0.2, 0.25) is 5.91 Å². The number of hydrogen-bond donors (Lipinski definition) is 1. The Hall–Kier alpha value is -1.32. The first-order valence-corrected chi connectivity index (χ1v) is 7.78. The van der Waals surface area contributed by atoms with Gasteiger partial charge in [0.05, 0.1) is 11.6 Å². The Labute approximate surface area is 121 Å². The van der Waals surface area contributed by atoms with E-state index >= 15 is 0 Å². The highest BCUT2D eigenvalue weighted by Crippen LogP contribution is 2.27. The van der Waals surface area contributed by atoms with Crippen LogP contribution in [-0.4, -0.2) is 22.2 Å². The van der Waals surface area contributed by atoms with E-state index < -0.39 is 0 Å². The van der Waals surface area contributed by atoms with Crippen LogP contribution in [0.15, 0.2) is 0 Å². The van der Waals surface area contributed by atoms with Crippen LogP contribution in [0.2, 0.25) is 0 Å². The summed E-state index contributed by atoms with van der Waals surface area (Å²) in [6.45, 7) is 6.79. The molecule has 0 radical (unpaired) electrons. The molecule has 0 saturated heterocycles. The van der Waals surface area contributed by atoms with Crippen LogP contribution in [0.25, 0.3) is 0 Å². The summed E-state index contributed by atoms with van der Waals surface area (Å²) in [7, 11) is 1.93. The highest BCUT2D eigenvalue weighted by Gasteiger charge is 2.22. The third kappa shape index (κ3) is 3.22. The summed E-state index contributed by atoms with van der Waals surface area (Å²) >= 11 is 0. The van der Waals surface area contributed by atoms with Crippen molar-refractivity contribution in [3.8, 4) is 0 Å². The van der Waals surface area contributed by atoms with Gasteiger partial charge in [-0.05, 0) is 33.1 Å². The fraction of sp³-hybridized carbons (Fsp3) is 0.750. The SMILES string of the molecule is Cc1nn(C)c(C)c1[C@@H](C)C(=O)NCCC1CCCC1. The molecule has 0 aromatic carbocycles. The quantitative estimate of drug-likeness (QED) is 0.899. The largest absolute Gasteiger partial charge is 0.356 e. The molecule has 1 aromatic heterocycles. The molecule has 0 unspecified atom stereocenters. The van der Waals surface area contributed by atoms with Crippen molar-refractivity contribution in [2.75, 3.05) is 6.54 Å². The molecule has 2 rings (SSSR count). The lowest BCUT2D eigenvalue weighted by molar-refractivity contribution is -0.122. The summed E-state index contributed by atoms with van der Waals surface area (Å²) in [5, 5.41) is 7.49. The Kier molecular flexibility index (Phi) is 4.84. The molecule has 1 fully saturated rings. The smallest absolute Gasteiger partial charge is 0.227 e. The molecular formula is C16H27N3O. The molecule has 20 heavy (non-hydrogen) atoms. The zero-order chi connectivity index (χ0) is 14.7. The second kappa shape index (κ2) is 6.42. The monoisotopic (exact) mass is 277 g/mol. The fourth-order valence-electron chi connectivity index (χ4n) is 3.40. The van der Waals surface area contributed by atoms with E-state index in [1.54, 1.807) is 0 Å². The van der Waals surface area contributed by atoms with Gasteiger partial charge in [0.25, 0.3) is 0 Å². The average molecular weight is 277 g/mol. The number of hydrogen-bond acceptors (Lipinski definition) is 2. The van der Waals surface area contributed by atoms with Crippen molar-refractivity contribution >= 4 is 5.91 Å². The molecule has 0 spiro atoms. The number of carbonyl (C=O) groups is 1. The van der Waals surface area contributed by atoms with Gasteiger partial charge < -0.3 is 5.32 Å². The maximum atomic E-state index is 12.3. The third-order valence-corrected chi connectivity index (χ3v) is 4.72. The van der Waals surface area contributed by atoms with E-state index in [4.69, 9.17) is 0 Å². The lowest BCUT2D eigenvalue weighted by Gasteiger charge is -2.14. The van der Waals surface area contributed by atoms with Crippen LogP contribution in [0, 0.1) is 19.8 Å². The Morgan fingerprint density at radius 3 is 2.60 bits per heavy atom. The van der Waals surface area contributed by atoms with E-state index in [2.05, 4.69) is 10.4 Å². The van der Waals surface area contributed by atoms with E-state index in [0.717, 1.165) is 35.8 Å². The number of aryl methyl sites for hydroxylation is 2. The molecule has 1 atom stereocenters. The van der Waals surface area contributed by atoms with Crippen molar-refractivity contribution in [3.05, 3.63) is 17.0 Å². The van der Waals surface area contributed by atoms with Gasteiger partial charge in [-0.1, -0.05) is 25.7 Å². The normalized spacial score (nSPS) is 17.4. The first-order chi connectivity index (χ1) is 9.50. The second-order valence-corrected chi connectivity index (χ2v) is 6.16. The molecule has 1 heterocycles. The molecule has 112 valence electrons. The van der Waals surface area contributed by atoms with E-state index in [-0.39, 0.29) is 11.8 Å². The Morgan fingerprint density at radius 1 is 1.40 bits per heavy atom. The lowest BCUT2D eigenvalue weighted by atomic mass is 9.98. The molecule has 1 aliphatic carbocycles. The van der Waals surface area contributed by atoms with Crippen LogP contribution < -0.4 is 5.32 Å². The van der Waals surface area contributed by atoms with E-state index in [1.165, 1.54) is 25.7 Å². The Morgan fingerprint density at radius 2 is 2.05 bits per heavy atom. The minimum absolute atomic E-state index is 0.118. The molecule has 1 aromatic rings. The third-order valence-electron chi connectivity index (χ3n) is 4.72. The standard InChI is InChI=1S/C16H27N3O/c1-11(15-12(2)18-19(4)13(15)3)16(20)17-10-9-14-7-5-6-8-14/h11,14H,5-10H2,1-4H3,(H,17,20)/t11-/m1/s1. The molecule has 1 amide bonds. The number of rotatable bonds is 5. The van der Waals surface area contributed by atoms with Crippen LogP contribution in [0.4, 0.5) is 0 Å². The van der Waals surface area contributed by atoms with E-state index in [9.17, 15) is 4.79 Å². The summed E-state index contributed by atoms with van der Waals surface area (Å²) in [5.74, 6) is 0.835. The van der Waals surface area contributed by atoms with Crippen LogP contribution in [0.5, 0.6) is 0 Å². The van der Waals surface area contributed by atoms with E-state index in [1.807, 2.05) is 32.5 Å². The Balaban J connectivity index is 1.88. The van der Waals surface area contributed by atoms with Gasteiger partial charge in [-0.2, -0.15) is 5.10 Å². The summed E-state index contributed by atoms with van der Waals surface area (Å²) in [4.78, 5) is 12.3. The predicted octanol–water partition coefficient (Wildman–Crippen LogP) is 2.84. The summed E-state index contributed by atoms with van der Waals surface area (Å²) in [6.07, 6.45) is 6.54. The molecular weight excluding hydrogens is 250 g/mol. The number of aromatic nitrogens is 2. The predicted molar refractivity (Wildman–Crippen MR) is 80.7 cm³/mol. The fourth-order valence-corrected chi connectivity index (χ4v) is 3.40. The first-order valence-electron chi connectivity index (χ1n) is 7.78. The van der Waals surface area contributed by atoms with Crippen molar-refractivity contribution in [3.63, 3.8) is 0 Å². The molecule has 0 aliphatic heterocycles. The number of amides is 1. The van der Waals surface area contributed by atoms with Crippen LogP contribution in [0.1, 0.15) is 61.9 Å². The Bertz CT molecular complexity index is 472. The molecule has 1 N–H and O–H groups in total. The highest BCUT2D eigenvalue weighted by molar-refractivity contribution is 5.83. The van der Waals surface area contributed by atoms with Gasteiger partial charge in [0.15, 0.2) is 0 Å². The van der Waals surface area contributed by atoms with Crippen molar-refractivity contribution in [1.29, 1.82) is 0 Å². The molecule has 1 aliphatic rings. The summed E-state index contributed by atoms with van der Waals surface area (Å²) in [5.41, 5.74) is 3.12. The maximum Gasteiger partial charge on any atom is 0.227 e. The molecule has 4 nitrogen and oxygen atoms in total. The van der Waals surface area contributed by atoms with E-state index in [0.29, 0.717) is 0 Å². The number of nitrogens with zero attached hydrogens (tertiary/aromatic N) is 2. The average Bonchev–Trinajstić information content (AvgIpc) is 2.99. The summed E-state index contributed by atoms with van der Waals surface area (Å²) < 4.78 is 1.85. The molecule has 4 heteroatoms. The zero-order valence-corrected chi connectivity index (χ0v) is 13.2. The van der Waals surface area contributed by atoms with Crippen molar-refractivity contribution in [1.82, 2.24) is 15.1 Å². The van der Waals surface area contributed by atoms with Crippen molar-refractivity contribution < 1.29 is 4.79 Å².